The predicted octanol–water partition coefficient (Wildman–Crippen LogP) is 2.37. The molecule has 0 spiro atoms. The number of nitrogen functional groups attached to an aromatic ring is 1. The van der Waals surface area contributed by atoms with Crippen LogP contribution in [0.4, 0.5) is 20.5 Å². The second kappa shape index (κ2) is 11.6. The van der Waals surface area contributed by atoms with Crippen LogP contribution in [0, 0.1) is 0 Å². The fraction of sp³-hybridized carbons (Fsp3) is 0.524. The average molecular weight is 727 g/mol. The van der Waals surface area contributed by atoms with Crippen molar-refractivity contribution < 1.29 is 45.7 Å². The molecule has 7 rings (SSSR count). The minimum atomic E-state index is -4.43. The van der Waals surface area contributed by atoms with E-state index in [4.69, 9.17) is 45.1 Å². The average Bonchev–Trinajstić information content (AvgIpc) is 3.72. The van der Waals surface area contributed by atoms with Gasteiger partial charge in [-0.2, -0.15) is 4.98 Å². The van der Waals surface area contributed by atoms with Crippen molar-refractivity contribution in [3.63, 3.8) is 0 Å². The minimum absolute atomic E-state index is 0.0361. The Morgan fingerprint density at radius 2 is 1.73 bits per heavy atom. The van der Waals surface area contributed by atoms with Gasteiger partial charge in [-0.15, -0.1) is 0 Å². The summed E-state index contributed by atoms with van der Waals surface area (Å²) in [4.78, 5) is 43.1. The molecule has 4 aliphatic rings. The largest absolute Gasteiger partial charge is 0.386 e. The molecule has 2 bridgehead atoms. The summed E-state index contributed by atoms with van der Waals surface area (Å²) in [5.74, 6) is -0.475. The Kier molecular flexibility index (Phi) is 8.08. The van der Waals surface area contributed by atoms with Crippen LogP contribution in [0.3, 0.4) is 0 Å². The van der Waals surface area contributed by atoms with Crippen molar-refractivity contribution in [2.24, 2.45) is 4.99 Å². The molecular weight excluding hydrogens is 704 g/mol. The number of fused-ring (bicyclic) bond motifs is 5. The van der Waals surface area contributed by atoms with Crippen LogP contribution in [0.25, 0.3) is 11.2 Å². The highest BCUT2D eigenvalue weighted by Crippen LogP contribution is 2.60. The summed E-state index contributed by atoms with van der Waals surface area (Å²) in [6.07, 6.45) is -8.93. The van der Waals surface area contributed by atoms with Crippen LogP contribution in [-0.4, -0.2) is 91.0 Å². The van der Waals surface area contributed by atoms with Crippen LogP contribution in [0.2, 0.25) is 0 Å². The summed E-state index contributed by atoms with van der Waals surface area (Å²) in [7, 11) is 0. The highest BCUT2D eigenvalue weighted by molar-refractivity contribution is 8.60. The van der Waals surface area contributed by atoms with E-state index in [0.29, 0.717) is 0 Å². The molecule has 4 aliphatic heterocycles. The van der Waals surface area contributed by atoms with E-state index in [-0.39, 0.29) is 40.8 Å². The Balaban J connectivity index is 1.20. The molecular formula is C21H22F2N8O9P2S3. The molecule has 0 unspecified atom stereocenters. The van der Waals surface area contributed by atoms with Gasteiger partial charge >= 0.3 is 6.80 Å². The van der Waals surface area contributed by atoms with Gasteiger partial charge in [0.25, 0.3) is 5.56 Å². The van der Waals surface area contributed by atoms with Gasteiger partial charge in [0.15, 0.2) is 53.3 Å². The molecule has 3 saturated heterocycles. The molecule has 0 aromatic carbocycles. The van der Waals surface area contributed by atoms with Crippen LogP contribution in [-0.2, 0) is 43.9 Å². The van der Waals surface area contributed by atoms with Crippen molar-refractivity contribution >= 4 is 83.7 Å². The number of ketones is 1. The maximum absolute atomic E-state index is 16.0. The van der Waals surface area contributed by atoms with Gasteiger partial charge in [-0.05, 0) is 11.8 Å². The summed E-state index contributed by atoms with van der Waals surface area (Å²) < 4.78 is 81.9. The number of thiol groups is 2. The maximum Gasteiger partial charge on any atom is 0.386 e. The lowest BCUT2D eigenvalue weighted by Crippen LogP contribution is -2.33. The number of ether oxygens (including phenoxy) is 2. The fourth-order valence-electron chi connectivity index (χ4n) is 5.35. The van der Waals surface area contributed by atoms with Gasteiger partial charge in [0.1, 0.15) is 24.4 Å². The van der Waals surface area contributed by atoms with Crippen LogP contribution in [0.15, 0.2) is 22.4 Å². The van der Waals surface area contributed by atoms with Crippen molar-refractivity contribution in [2.75, 3.05) is 18.9 Å². The standard InChI is InChI=1S/C21H22F2N8O9P2S3/c22-10-8-3-35-41(34,43)39-14-9(38-19(11(14)23)30-5-26-12-7(32)1-2-25-16(12)30)4-36-42(44,45)40-15(10)20(37-8)31-6-27-13-17(31)28-21(24)29-18(13)33/h2,5-6,8-11,14-15,19-20H,1,3-4H2,(H,34,43)(H,44,45)(H3,24,28,29,33)/t8-,9-,10-,11+,14-,15-,19-,20-,41-/m1/s1. The number of nitrogens with zero attached hydrogens (tertiary/aromatic N) is 6. The lowest BCUT2D eigenvalue weighted by molar-refractivity contribution is -0.0542. The predicted molar refractivity (Wildman–Crippen MR) is 161 cm³/mol. The number of hydrogen-bond donors (Lipinski definition) is 4. The first kappa shape index (κ1) is 31.5. The van der Waals surface area contributed by atoms with E-state index in [0.717, 1.165) is 0 Å². The number of anilines is 1. The maximum atomic E-state index is 16.0. The molecule has 0 amide bonds. The third-order valence-electron chi connectivity index (χ3n) is 7.37. The second-order valence-electron chi connectivity index (χ2n) is 10.2. The molecule has 3 N–H and O–H groups in total. The molecule has 3 aromatic rings. The first-order valence-electron chi connectivity index (χ1n) is 13.1. The van der Waals surface area contributed by atoms with E-state index in [1.165, 1.54) is 28.0 Å². The Hall–Kier alpha value is -2.10. The molecule has 45 heavy (non-hydrogen) atoms. The number of H-pyrrole nitrogens is 1. The zero-order valence-corrected chi connectivity index (χ0v) is 26.8. The molecule has 3 aromatic heterocycles. The fourth-order valence-corrected chi connectivity index (χ4v) is 8.77. The number of carbonyl (C=O) groups is 1. The molecule has 0 aliphatic carbocycles. The van der Waals surface area contributed by atoms with Crippen LogP contribution in [0.5, 0.6) is 0 Å². The lowest BCUT2D eigenvalue weighted by Gasteiger charge is -2.27. The Morgan fingerprint density at radius 1 is 1.00 bits per heavy atom. The van der Waals surface area contributed by atoms with Crippen molar-refractivity contribution in [3.05, 3.63) is 28.7 Å². The third kappa shape index (κ3) is 5.73. The smallest absolute Gasteiger partial charge is 0.369 e. The van der Waals surface area contributed by atoms with Gasteiger partial charge in [0, 0.05) is 12.6 Å². The van der Waals surface area contributed by atoms with E-state index in [1.54, 1.807) is 0 Å². The van der Waals surface area contributed by atoms with Gasteiger partial charge in [-0.3, -0.25) is 32.8 Å². The number of rotatable bonds is 2. The zero-order chi connectivity index (χ0) is 31.8. The number of alkyl halides is 2. The van der Waals surface area contributed by atoms with Crippen LogP contribution >= 0.6 is 37.0 Å². The molecule has 0 saturated carbocycles. The van der Waals surface area contributed by atoms with E-state index >= 15 is 8.78 Å². The SMILES string of the molecule is Nc1nc2c(ncn2[C@@H]2O[C@@H]3CO[P@@](=O)(S)O[C@H]4[C@H](F)[C@H](n5cnc6c5N=CCC6=O)O[C@@H]4CO[P@@](=S)(S)O[C@@H]2[C@@H]3F)c(=O)[nH]1. The molecule has 17 nitrogen and oxygen atoms in total. The number of aromatic amines is 1. The number of aromatic nitrogens is 6. The topological polar surface area (TPSA) is 209 Å². The first-order valence-corrected chi connectivity index (χ1v) is 19.6. The van der Waals surface area contributed by atoms with E-state index in [1.807, 2.05) is 0 Å². The second-order valence-corrected chi connectivity index (χ2v) is 18.3. The summed E-state index contributed by atoms with van der Waals surface area (Å²) in [5.41, 5.74) is 1.25. The van der Waals surface area contributed by atoms with Crippen LogP contribution in [0.1, 0.15) is 29.4 Å². The highest BCUT2D eigenvalue weighted by Gasteiger charge is 2.54. The molecule has 10 atom stereocenters. The summed E-state index contributed by atoms with van der Waals surface area (Å²) in [6.45, 7) is -5.64. The van der Waals surface area contributed by atoms with Gasteiger partial charge in [-0.25, -0.2) is 28.3 Å². The van der Waals surface area contributed by atoms with Gasteiger partial charge in [-0.1, -0.05) is 24.5 Å². The first-order chi connectivity index (χ1) is 21.3. The molecule has 7 heterocycles. The molecule has 242 valence electrons. The number of nitrogens with two attached hydrogens (primary N) is 1. The monoisotopic (exact) mass is 726 g/mol. The number of aliphatic imine (C=N–C) groups is 1. The van der Waals surface area contributed by atoms with E-state index < -0.39 is 80.5 Å². The van der Waals surface area contributed by atoms with Gasteiger partial charge < -0.3 is 24.3 Å². The number of imidazole rings is 2. The summed E-state index contributed by atoms with van der Waals surface area (Å²) >= 11 is 13.8. The Morgan fingerprint density at radius 3 is 2.53 bits per heavy atom. The van der Waals surface area contributed by atoms with Crippen molar-refractivity contribution in [1.82, 2.24) is 29.1 Å². The quantitative estimate of drug-likeness (QED) is 0.221. The van der Waals surface area contributed by atoms with E-state index in [2.05, 4.69) is 49.4 Å². The van der Waals surface area contributed by atoms with Gasteiger partial charge in [0.2, 0.25) is 11.6 Å². The number of Topliss-reactive ketones (excluding diaryl/α,β-unsaturated/α-hetero) is 1. The Bertz CT molecular complexity index is 1880. The number of hydrogen-bond acceptors (Lipinski definition) is 15. The van der Waals surface area contributed by atoms with E-state index in [9.17, 15) is 14.2 Å². The van der Waals surface area contributed by atoms with Crippen LogP contribution < -0.4 is 11.3 Å². The molecule has 3 fully saturated rings. The minimum Gasteiger partial charge on any atom is -0.369 e. The number of carbonyl (C=O) groups excluding carboxylic acids is 1. The highest BCUT2D eigenvalue weighted by atomic mass is 32.9. The Labute approximate surface area is 266 Å². The van der Waals surface area contributed by atoms with Crippen molar-refractivity contribution in [1.29, 1.82) is 0 Å². The lowest BCUT2D eigenvalue weighted by atomic mass is 10.1. The summed E-state index contributed by atoms with van der Waals surface area (Å²) in [5, 5.41) is 0. The summed E-state index contributed by atoms with van der Waals surface area (Å²) in [6, 6.07) is 0. The van der Waals surface area contributed by atoms with Crippen molar-refractivity contribution in [2.45, 2.75) is 55.6 Å². The normalized spacial score (nSPS) is 38.8. The van der Waals surface area contributed by atoms with Crippen molar-refractivity contribution in [3.8, 4) is 0 Å². The zero-order valence-electron chi connectivity index (χ0n) is 22.4. The number of halogens is 2. The third-order valence-corrected chi connectivity index (χ3v) is 11.2. The molecule has 24 heteroatoms. The molecule has 0 radical (unpaired) electrons. The van der Waals surface area contributed by atoms with Gasteiger partial charge in [0.05, 0.1) is 25.9 Å². The number of nitrogens with one attached hydrogen (secondary N) is 1.